The highest BCUT2D eigenvalue weighted by molar-refractivity contribution is 7.91. The molecule has 2 saturated heterocycles. The van der Waals surface area contributed by atoms with Crippen LogP contribution >= 0.6 is 0 Å². The van der Waals surface area contributed by atoms with Crippen LogP contribution in [-0.2, 0) is 21.1 Å². The molecule has 0 spiro atoms. The number of nitrogens with one attached hydrogen (secondary N) is 2. The smallest absolute Gasteiger partial charge is 0.253 e. The van der Waals surface area contributed by atoms with Crippen LogP contribution in [0.4, 0.5) is 5.69 Å². The molecule has 2 aromatic carbocycles. The molecule has 9 heteroatoms. The molecule has 2 aliphatic rings. The molecule has 2 fully saturated rings. The van der Waals surface area contributed by atoms with Gasteiger partial charge in [0.2, 0.25) is 5.91 Å². The Morgan fingerprint density at radius 2 is 1.65 bits per heavy atom. The number of benzene rings is 2. The largest absolute Gasteiger partial charge is 0.352 e. The second-order valence-corrected chi connectivity index (χ2v) is 11.2. The highest BCUT2D eigenvalue weighted by atomic mass is 32.2. The molecule has 2 aliphatic heterocycles. The van der Waals surface area contributed by atoms with E-state index in [1.165, 1.54) is 0 Å². The summed E-state index contributed by atoms with van der Waals surface area (Å²) in [6.07, 6.45) is 1.44. The van der Waals surface area contributed by atoms with Crippen LogP contribution in [0.3, 0.4) is 0 Å². The zero-order valence-corrected chi connectivity index (χ0v) is 20.1. The number of sulfone groups is 1. The SMILES string of the molecule is O=C(CN1CCN([C@H]2CCS(=O)(=O)C2)CC1)Nc1ccccc1C(=O)NCCc1ccccc1. The summed E-state index contributed by atoms with van der Waals surface area (Å²) in [7, 11) is -2.90. The third-order valence-corrected chi connectivity index (χ3v) is 8.24. The van der Waals surface area contributed by atoms with E-state index in [4.69, 9.17) is 0 Å². The van der Waals surface area contributed by atoms with Crippen molar-refractivity contribution in [1.82, 2.24) is 15.1 Å². The molecule has 2 N–H and O–H groups in total. The van der Waals surface area contributed by atoms with Gasteiger partial charge in [-0.3, -0.25) is 19.4 Å². The van der Waals surface area contributed by atoms with Gasteiger partial charge in [0.15, 0.2) is 9.84 Å². The second-order valence-electron chi connectivity index (χ2n) is 8.95. The minimum atomic E-state index is -2.90. The average Bonchev–Trinajstić information content (AvgIpc) is 3.20. The van der Waals surface area contributed by atoms with Gasteiger partial charge in [-0.25, -0.2) is 8.42 Å². The molecular formula is C25H32N4O4S. The van der Waals surface area contributed by atoms with Crippen molar-refractivity contribution in [3.63, 3.8) is 0 Å². The Morgan fingerprint density at radius 1 is 0.941 bits per heavy atom. The number of rotatable bonds is 8. The fraction of sp³-hybridized carbons (Fsp3) is 0.440. The highest BCUT2D eigenvalue weighted by Crippen LogP contribution is 2.19. The number of anilines is 1. The Bertz CT molecular complexity index is 1100. The molecule has 0 bridgehead atoms. The maximum absolute atomic E-state index is 12.7. The topological polar surface area (TPSA) is 98.8 Å². The van der Waals surface area contributed by atoms with Crippen molar-refractivity contribution < 1.29 is 18.0 Å². The van der Waals surface area contributed by atoms with Crippen LogP contribution in [0.15, 0.2) is 54.6 Å². The zero-order chi connectivity index (χ0) is 24.0. The van der Waals surface area contributed by atoms with Gasteiger partial charge >= 0.3 is 0 Å². The molecule has 2 amide bonds. The molecular weight excluding hydrogens is 452 g/mol. The second kappa shape index (κ2) is 11.1. The summed E-state index contributed by atoms with van der Waals surface area (Å²) < 4.78 is 23.5. The minimum absolute atomic E-state index is 0.105. The summed E-state index contributed by atoms with van der Waals surface area (Å²) in [6, 6.07) is 17.1. The number of nitrogens with zero attached hydrogens (tertiary/aromatic N) is 2. The van der Waals surface area contributed by atoms with Crippen molar-refractivity contribution >= 4 is 27.3 Å². The first-order valence-corrected chi connectivity index (χ1v) is 13.6. The number of piperazine rings is 1. The van der Waals surface area contributed by atoms with Crippen LogP contribution in [0.5, 0.6) is 0 Å². The number of amides is 2. The van der Waals surface area contributed by atoms with E-state index >= 15 is 0 Å². The van der Waals surface area contributed by atoms with E-state index in [2.05, 4.69) is 20.4 Å². The van der Waals surface area contributed by atoms with E-state index in [-0.39, 0.29) is 35.9 Å². The number of para-hydroxylation sites is 1. The quantitative estimate of drug-likeness (QED) is 0.588. The summed E-state index contributed by atoms with van der Waals surface area (Å²) in [5.41, 5.74) is 2.09. The summed E-state index contributed by atoms with van der Waals surface area (Å²) >= 11 is 0. The minimum Gasteiger partial charge on any atom is -0.352 e. The first kappa shape index (κ1) is 24.4. The standard InChI is InChI=1S/C25H32N4O4S/c30-24(18-28-13-15-29(16-14-28)21-11-17-34(32,33)19-21)27-23-9-5-4-8-22(23)25(31)26-12-10-20-6-2-1-3-7-20/h1-9,21H,10-19H2,(H,26,31)(H,27,30)/t21-/m0/s1. The first-order chi connectivity index (χ1) is 16.4. The lowest BCUT2D eigenvalue weighted by Crippen LogP contribution is -2.52. The van der Waals surface area contributed by atoms with Crippen molar-refractivity contribution in [2.24, 2.45) is 0 Å². The van der Waals surface area contributed by atoms with Gasteiger partial charge in [0.25, 0.3) is 5.91 Å². The highest BCUT2D eigenvalue weighted by Gasteiger charge is 2.33. The van der Waals surface area contributed by atoms with E-state index in [1.54, 1.807) is 24.3 Å². The predicted molar refractivity (Wildman–Crippen MR) is 133 cm³/mol. The lowest BCUT2D eigenvalue weighted by molar-refractivity contribution is -0.117. The van der Waals surface area contributed by atoms with E-state index in [9.17, 15) is 18.0 Å². The zero-order valence-electron chi connectivity index (χ0n) is 19.3. The predicted octanol–water partition coefficient (Wildman–Crippen LogP) is 1.40. The molecule has 0 saturated carbocycles. The van der Waals surface area contributed by atoms with Gasteiger partial charge in [0, 0.05) is 38.8 Å². The van der Waals surface area contributed by atoms with Crippen molar-refractivity contribution in [3.8, 4) is 0 Å². The third kappa shape index (κ3) is 6.65. The fourth-order valence-corrected chi connectivity index (χ4v) is 6.35. The Hall–Kier alpha value is -2.75. The molecule has 182 valence electrons. The first-order valence-electron chi connectivity index (χ1n) is 11.8. The van der Waals surface area contributed by atoms with Crippen LogP contribution < -0.4 is 10.6 Å². The van der Waals surface area contributed by atoms with Crippen molar-refractivity contribution in [2.75, 3.05) is 56.1 Å². The van der Waals surface area contributed by atoms with Crippen LogP contribution in [0.1, 0.15) is 22.3 Å². The molecule has 1 atom stereocenters. The maximum atomic E-state index is 12.7. The molecule has 8 nitrogen and oxygen atoms in total. The van der Waals surface area contributed by atoms with Crippen LogP contribution in [-0.4, -0.2) is 86.8 Å². The Kier molecular flexibility index (Phi) is 7.97. The van der Waals surface area contributed by atoms with Gasteiger partial charge in [0.1, 0.15) is 0 Å². The summed E-state index contributed by atoms with van der Waals surface area (Å²) in [5.74, 6) is 0.144. The number of hydrogen-bond donors (Lipinski definition) is 2. The maximum Gasteiger partial charge on any atom is 0.253 e. The molecule has 4 rings (SSSR count). The Labute approximate surface area is 201 Å². The van der Waals surface area contributed by atoms with Crippen LogP contribution in [0, 0.1) is 0 Å². The number of hydrogen-bond acceptors (Lipinski definition) is 6. The molecule has 2 aromatic rings. The van der Waals surface area contributed by atoms with Crippen LogP contribution in [0.2, 0.25) is 0 Å². The Balaban J connectivity index is 1.24. The third-order valence-electron chi connectivity index (χ3n) is 6.49. The summed E-state index contributed by atoms with van der Waals surface area (Å²) in [5, 5.41) is 5.82. The molecule has 0 radical (unpaired) electrons. The molecule has 0 aliphatic carbocycles. The van der Waals surface area contributed by atoms with Gasteiger partial charge in [-0.05, 0) is 30.5 Å². The number of carbonyl (C=O) groups excluding carboxylic acids is 2. The van der Waals surface area contributed by atoms with Gasteiger partial charge in [-0.1, -0.05) is 42.5 Å². The van der Waals surface area contributed by atoms with Crippen molar-refractivity contribution in [2.45, 2.75) is 18.9 Å². The van der Waals surface area contributed by atoms with Gasteiger partial charge < -0.3 is 10.6 Å². The van der Waals surface area contributed by atoms with Gasteiger partial charge in [-0.15, -0.1) is 0 Å². The molecule has 0 unspecified atom stereocenters. The fourth-order valence-electron chi connectivity index (χ4n) is 4.59. The molecule has 34 heavy (non-hydrogen) atoms. The van der Waals surface area contributed by atoms with E-state index in [1.807, 2.05) is 30.3 Å². The average molecular weight is 485 g/mol. The summed E-state index contributed by atoms with van der Waals surface area (Å²) in [6.45, 7) is 3.69. The van der Waals surface area contributed by atoms with Gasteiger partial charge in [-0.2, -0.15) is 0 Å². The number of carbonyl (C=O) groups is 2. The van der Waals surface area contributed by atoms with Crippen molar-refractivity contribution in [3.05, 3.63) is 65.7 Å². The summed E-state index contributed by atoms with van der Waals surface area (Å²) in [4.78, 5) is 29.7. The Morgan fingerprint density at radius 3 is 2.35 bits per heavy atom. The van der Waals surface area contributed by atoms with E-state index < -0.39 is 9.84 Å². The lowest BCUT2D eigenvalue weighted by Gasteiger charge is -2.37. The van der Waals surface area contributed by atoms with Crippen LogP contribution in [0.25, 0.3) is 0 Å². The monoisotopic (exact) mass is 484 g/mol. The molecule has 2 heterocycles. The van der Waals surface area contributed by atoms with Crippen molar-refractivity contribution in [1.29, 1.82) is 0 Å². The van der Waals surface area contributed by atoms with E-state index in [0.717, 1.165) is 25.1 Å². The lowest BCUT2D eigenvalue weighted by atomic mass is 10.1. The van der Waals surface area contributed by atoms with E-state index in [0.29, 0.717) is 37.3 Å². The van der Waals surface area contributed by atoms with Gasteiger partial charge in [0.05, 0.1) is 29.3 Å². The normalized spacial score (nSPS) is 20.6. The molecule has 0 aromatic heterocycles.